The number of benzene rings is 2. The van der Waals surface area contributed by atoms with Crippen LogP contribution < -0.4 is 9.47 Å². The van der Waals surface area contributed by atoms with Crippen LogP contribution in [0.25, 0.3) is 0 Å². The molecule has 0 fully saturated rings. The Kier molecular flexibility index (Phi) is 5.39. The summed E-state index contributed by atoms with van der Waals surface area (Å²) in [5.41, 5.74) is 2.84. The molecule has 4 heteroatoms. The second kappa shape index (κ2) is 7.27. The summed E-state index contributed by atoms with van der Waals surface area (Å²) in [4.78, 5) is 10.9. The number of carbonyl (C=O) groups is 1. The third-order valence-electron chi connectivity index (χ3n) is 3.10. The van der Waals surface area contributed by atoms with Gasteiger partial charge in [0.1, 0.15) is 12.9 Å². The first-order valence-corrected chi connectivity index (χ1v) is 7.53. The van der Waals surface area contributed by atoms with Crippen molar-refractivity contribution in [3.05, 3.63) is 57.6 Å². The molecule has 0 aliphatic rings. The van der Waals surface area contributed by atoms with Crippen LogP contribution in [-0.4, -0.2) is 12.9 Å². The molecule has 0 N–H and O–H groups in total. The zero-order valence-electron chi connectivity index (χ0n) is 12.1. The van der Waals surface area contributed by atoms with Crippen molar-refractivity contribution in [2.45, 2.75) is 20.5 Å². The Morgan fingerprint density at radius 1 is 1.19 bits per heavy atom. The van der Waals surface area contributed by atoms with Crippen molar-refractivity contribution in [3.63, 3.8) is 0 Å². The molecule has 0 unspecified atom stereocenters. The average Bonchev–Trinajstić information content (AvgIpc) is 2.48. The maximum atomic E-state index is 10.9. The van der Waals surface area contributed by atoms with E-state index in [1.165, 1.54) is 5.56 Å². The van der Waals surface area contributed by atoms with Gasteiger partial charge in [0, 0.05) is 5.56 Å². The minimum absolute atomic E-state index is 0.450. The summed E-state index contributed by atoms with van der Waals surface area (Å²) < 4.78 is 12.2. The molecule has 0 saturated heterocycles. The Balaban J connectivity index is 2.26. The maximum Gasteiger partial charge on any atom is 0.175 e. The summed E-state index contributed by atoms with van der Waals surface area (Å²) in [6.45, 7) is 4.90. The van der Waals surface area contributed by atoms with Gasteiger partial charge in [0.2, 0.25) is 0 Å². The van der Waals surface area contributed by atoms with E-state index in [0.29, 0.717) is 34.7 Å². The molecule has 21 heavy (non-hydrogen) atoms. The zero-order chi connectivity index (χ0) is 15.2. The van der Waals surface area contributed by atoms with E-state index in [9.17, 15) is 4.79 Å². The first-order chi connectivity index (χ1) is 10.2. The number of aryl methyl sites for hydroxylation is 1. The van der Waals surface area contributed by atoms with Crippen molar-refractivity contribution in [2.24, 2.45) is 0 Å². The summed E-state index contributed by atoms with van der Waals surface area (Å²) in [5, 5.41) is 0. The number of ether oxygens (including phenoxy) is 2. The van der Waals surface area contributed by atoms with Gasteiger partial charge in [-0.15, -0.1) is 0 Å². The lowest BCUT2D eigenvalue weighted by Gasteiger charge is -2.15. The first-order valence-electron chi connectivity index (χ1n) is 6.74. The highest BCUT2D eigenvalue weighted by molar-refractivity contribution is 9.10. The van der Waals surface area contributed by atoms with Crippen molar-refractivity contribution in [1.29, 1.82) is 0 Å². The SMILES string of the molecule is CCOc1cc(C=O)cc(Br)c1OCc1ccccc1C. The van der Waals surface area contributed by atoms with Crippen LogP contribution in [0, 0.1) is 6.92 Å². The van der Waals surface area contributed by atoms with Gasteiger partial charge in [-0.3, -0.25) is 4.79 Å². The molecule has 3 nitrogen and oxygen atoms in total. The molecule has 0 aliphatic carbocycles. The first kappa shape index (κ1) is 15.6. The summed E-state index contributed by atoms with van der Waals surface area (Å²) in [5.74, 6) is 1.19. The van der Waals surface area contributed by atoms with Gasteiger partial charge in [0.05, 0.1) is 11.1 Å². The smallest absolute Gasteiger partial charge is 0.175 e. The van der Waals surface area contributed by atoms with Crippen LogP contribution >= 0.6 is 15.9 Å². The molecule has 110 valence electrons. The number of carbonyl (C=O) groups excluding carboxylic acids is 1. The number of halogens is 1. The summed E-state index contributed by atoms with van der Waals surface area (Å²) in [6, 6.07) is 11.5. The lowest BCUT2D eigenvalue weighted by molar-refractivity contribution is 0.112. The Labute approximate surface area is 133 Å². The van der Waals surface area contributed by atoms with Gasteiger partial charge < -0.3 is 9.47 Å². The second-order valence-electron chi connectivity index (χ2n) is 4.60. The van der Waals surface area contributed by atoms with E-state index in [-0.39, 0.29) is 0 Å². The van der Waals surface area contributed by atoms with E-state index in [1.807, 2.05) is 38.1 Å². The Bertz CT molecular complexity index is 638. The third kappa shape index (κ3) is 3.85. The van der Waals surface area contributed by atoms with E-state index < -0.39 is 0 Å². The molecule has 0 radical (unpaired) electrons. The van der Waals surface area contributed by atoms with Gasteiger partial charge in [0.15, 0.2) is 11.5 Å². The molecule has 0 spiro atoms. The van der Waals surface area contributed by atoms with Gasteiger partial charge in [-0.1, -0.05) is 24.3 Å². The van der Waals surface area contributed by atoms with Crippen LogP contribution in [0.15, 0.2) is 40.9 Å². The van der Waals surface area contributed by atoms with Crippen LogP contribution in [0.4, 0.5) is 0 Å². The number of hydrogen-bond donors (Lipinski definition) is 0. The fourth-order valence-electron chi connectivity index (χ4n) is 1.98. The minimum Gasteiger partial charge on any atom is -0.490 e. The highest BCUT2D eigenvalue weighted by atomic mass is 79.9. The van der Waals surface area contributed by atoms with E-state index >= 15 is 0 Å². The van der Waals surface area contributed by atoms with Gasteiger partial charge in [-0.25, -0.2) is 0 Å². The Hall–Kier alpha value is -1.81. The summed E-state index contributed by atoms with van der Waals surface area (Å²) in [6.07, 6.45) is 0.790. The fourth-order valence-corrected chi connectivity index (χ4v) is 2.56. The van der Waals surface area contributed by atoms with E-state index in [0.717, 1.165) is 11.8 Å². The van der Waals surface area contributed by atoms with Crippen LogP contribution in [-0.2, 0) is 6.61 Å². The summed E-state index contributed by atoms with van der Waals surface area (Å²) in [7, 11) is 0. The van der Waals surface area contributed by atoms with Crippen molar-refractivity contribution >= 4 is 22.2 Å². The quantitative estimate of drug-likeness (QED) is 0.718. The largest absolute Gasteiger partial charge is 0.490 e. The zero-order valence-corrected chi connectivity index (χ0v) is 13.6. The lowest BCUT2D eigenvalue weighted by atomic mass is 10.1. The van der Waals surface area contributed by atoms with E-state index in [2.05, 4.69) is 15.9 Å². The van der Waals surface area contributed by atoms with Crippen molar-refractivity contribution in [2.75, 3.05) is 6.61 Å². The molecule has 0 saturated carbocycles. The van der Waals surface area contributed by atoms with Gasteiger partial charge >= 0.3 is 0 Å². The molecule has 0 aromatic heterocycles. The lowest BCUT2D eigenvalue weighted by Crippen LogP contribution is -2.02. The van der Waals surface area contributed by atoms with Crippen LogP contribution in [0.3, 0.4) is 0 Å². The molecular formula is C17H17BrO3. The predicted octanol–water partition coefficient (Wildman–Crippen LogP) is 4.55. The third-order valence-corrected chi connectivity index (χ3v) is 3.69. The molecule has 0 aliphatic heterocycles. The number of rotatable bonds is 6. The minimum atomic E-state index is 0.450. The molecule has 2 rings (SSSR count). The van der Waals surface area contributed by atoms with Crippen molar-refractivity contribution < 1.29 is 14.3 Å². The number of aldehydes is 1. The van der Waals surface area contributed by atoms with E-state index in [4.69, 9.17) is 9.47 Å². The summed E-state index contributed by atoms with van der Waals surface area (Å²) >= 11 is 3.44. The van der Waals surface area contributed by atoms with Crippen LogP contribution in [0.1, 0.15) is 28.4 Å². The van der Waals surface area contributed by atoms with Gasteiger partial charge in [-0.05, 0) is 53.0 Å². The fraction of sp³-hybridized carbons (Fsp3) is 0.235. The molecule has 2 aromatic carbocycles. The van der Waals surface area contributed by atoms with Gasteiger partial charge in [0.25, 0.3) is 0 Å². The van der Waals surface area contributed by atoms with Crippen LogP contribution in [0.5, 0.6) is 11.5 Å². The Morgan fingerprint density at radius 2 is 1.95 bits per heavy atom. The second-order valence-corrected chi connectivity index (χ2v) is 5.45. The molecule has 2 aromatic rings. The predicted molar refractivity (Wildman–Crippen MR) is 86.2 cm³/mol. The normalized spacial score (nSPS) is 10.2. The van der Waals surface area contributed by atoms with Crippen molar-refractivity contribution in [3.8, 4) is 11.5 Å². The maximum absolute atomic E-state index is 10.9. The molecule has 0 amide bonds. The van der Waals surface area contributed by atoms with E-state index in [1.54, 1.807) is 12.1 Å². The molecular weight excluding hydrogens is 332 g/mol. The van der Waals surface area contributed by atoms with Crippen molar-refractivity contribution in [1.82, 2.24) is 0 Å². The standard InChI is InChI=1S/C17H17BrO3/c1-3-20-16-9-13(10-19)8-15(18)17(16)21-11-14-7-5-4-6-12(14)2/h4-10H,3,11H2,1-2H3. The highest BCUT2D eigenvalue weighted by Crippen LogP contribution is 2.37. The number of hydrogen-bond acceptors (Lipinski definition) is 3. The average molecular weight is 349 g/mol. The highest BCUT2D eigenvalue weighted by Gasteiger charge is 2.12. The monoisotopic (exact) mass is 348 g/mol. The molecule has 0 atom stereocenters. The van der Waals surface area contributed by atoms with Gasteiger partial charge in [-0.2, -0.15) is 0 Å². The molecule has 0 bridgehead atoms. The Morgan fingerprint density at radius 3 is 2.62 bits per heavy atom. The topological polar surface area (TPSA) is 35.5 Å². The van der Waals surface area contributed by atoms with Crippen LogP contribution in [0.2, 0.25) is 0 Å². The molecule has 0 heterocycles.